The molecule has 10 nitrogen and oxygen atoms in total. The third-order valence-corrected chi connectivity index (χ3v) is 7.00. The van der Waals surface area contributed by atoms with Crippen molar-refractivity contribution in [3.8, 4) is 5.75 Å². The zero-order valence-corrected chi connectivity index (χ0v) is 23.6. The Hall–Kier alpha value is -4.62. The first-order valence-corrected chi connectivity index (χ1v) is 13.8. The summed E-state index contributed by atoms with van der Waals surface area (Å²) in [5, 5.41) is 11.0. The van der Waals surface area contributed by atoms with Crippen LogP contribution in [0.15, 0.2) is 83.3 Å². The van der Waals surface area contributed by atoms with Crippen LogP contribution in [0, 0.1) is 0 Å². The highest BCUT2D eigenvalue weighted by molar-refractivity contribution is 5.96. The highest BCUT2D eigenvalue weighted by Gasteiger charge is 2.45. The number of carbonyl (C=O) groups is 2. The molecular weight excluding hydrogens is 583 g/mol. The Morgan fingerprint density at radius 3 is 2.50 bits per heavy atom. The van der Waals surface area contributed by atoms with Crippen LogP contribution in [0.2, 0.25) is 0 Å². The number of fused-ring (bicyclic) bond motifs is 1. The van der Waals surface area contributed by atoms with E-state index in [4.69, 9.17) is 18.6 Å². The minimum atomic E-state index is -4.78. The fraction of sp³-hybridized carbons (Fsp3) is 0.323. The van der Waals surface area contributed by atoms with Crippen LogP contribution in [-0.2, 0) is 20.7 Å². The summed E-state index contributed by atoms with van der Waals surface area (Å²) in [6, 6.07) is 21.8. The number of likely N-dealkylation sites (N-methyl/N-ethyl adjacent to an activating group) is 1. The molecule has 0 radical (unpaired) electrons. The van der Waals surface area contributed by atoms with Crippen LogP contribution < -0.4 is 9.64 Å². The normalized spacial score (nSPS) is 16.5. The van der Waals surface area contributed by atoms with Gasteiger partial charge in [-0.25, -0.2) is 9.69 Å². The summed E-state index contributed by atoms with van der Waals surface area (Å²) in [5.41, 5.74) is 2.27. The number of hydrogen-bond acceptors (Lipinski definition) is 9. The van der Waals surface area contributed by atoms with E-state index in [0.29, 0.717) is 23.9 Å². The van der Waals surface area contributed by atoms with E-state index in [1.54, 1.807) is 42.3 Å². The standard InChI is InChI=1S/C31H30F3N3O7/c1-36(29-35-24-9-5-6-10-25(24)44-29)15-16-41-23-13-11-21(12-14-23)26(38)27(43-19-31(32,33)34)28(39)37-22(18-42-30(37)40)17-20-7-3-2-4-8-20/h2-14,22,26-27,38H,15-19H2,1H3/t22-,26?,27?/m1/s1. The van der Waals surface area contributed by atoms with Crippen molar-refractivity contribution in [3.05, 3.63) is 90.0 Å². The molecule has 232 valence electrons. The van der Waals surface area contributed by atoms with Crippen molar-refractivity contribution in [2.75, 3.05) is 38.3 Å². The number of aliphatic hydroxyl groups is 1. The Morgan fingerprint density at radius 1 is 1.09 bits per heavy atom. The molecule has 2 heterocycles. The van der Waals surface area contributed by atoms with Crippen molar-refractivity contribution in [2.45, 2.75) is 30.8 Å². The molecule has 1 aliphatic rings. The number of para-hydroxylation sites is 2. The van der Waals surface area contributed by atoms with Gasteiger partial charge in [0.05, 0.1) is 12.6 Å². The maximum Gasteiger partial charge on any atom is 0.417 e. The lowest BCUT2D eigenvalue weighted by Crippen LogP contribution is -2.49. The van der Waals surface area contributed by atoms with Crippen LogP contribution in [0.1, 0.15) is 17.2 Å². The Bertz CT molecular complexity index is 1530. The SMILES string of the molecule is CN(CCOc1ccc(C(O)C(OCC(F)(F)F)C(=O)N2C(=O)OC[C@H]2Cc2ccccc2)cc1)c1nc2ccccc2o1. The number of aliphatic hydroxyl groups excluding tert-OH is 1. The van der Waals surface area contributed by atoms with E-state index in [0.717, 1.165) is 16.0 Å². The third kappa shape index (κ3) is 7.47. The van der Waals surface area contributed by atoms with Gasteiger partial charge in [0.25, 0.3) is 11.9 Å². The molecule has 5 rings (SSSR count). The highest BCUT2D eigenvalue weighted by Crippen LogP contribution is 2.29. The second-order valence-electron chi connectivity index (χ2n) is 10.2. The monoisotopic (exact) mass is 613 g/mol. The largest absolute Gasteiger partial charge is 0.492 e. The van der Waals surface area contributed by atoms with Crippen LogP contribution in [0.5, 0.6) is 5.75 Å². The van der Waals surface area contributed by atoms with Crippen LogP contribution in [0.3, 0.4) is 0 Å². The molecule has 1 aromatic heterocycles. The maximum absolute atomic E-state index is 13.5. The molecule has 0 bridgehead atoms. The lowest BCUT2D eigenvalue weighted by molar-refractivity contribution is -0.199. The molecule has 3 aromatic carbocycles. The van der Waals surface area contributed by atoms with E-state index in [9.17, 15) is 27.9 Å². The number of rotatable bonds is 12. The summed E-state index contributed by atoms with van der Waals surface area (Å²) in [4.78, 5) is 32.9. The van der Waals surface area contributed by atoms with Crippen molar-refractivity contribution >= 4 is 29.1 Å². The predicted molar refractivity (Wildman–Crippen MR) is 152 cm³/mol. The molecule has 1 N–H and O–H groups in total. The predicted octanol–water partition coefficient (Wildman–Crippen LogP) is 4.91. The average Bonchev–Trinajstić information content (AvgIpc) is 3.60. The molecule has 1 aliphatic heterocycles. The Labute approximate surface area is 250 Å². The number of imide groups is 1. The topological polar surface area (TPSA) is 115 Å². The number of nitrogens with zero attached hydrogens (tertiary/aromatic N) is 3. The van der Waals surface area contributed by atoms with Gasteiger partial charge >= 0.3 is 12.3 Å². The Balaban J connectivity index is 1.24. The molecule has 2 amide bonds. The molecule has 13 heteroatoms. The van der Waals surface area contributed by atoms with Crippen LogP contribution in [0.25, 0.3) is 11.1 Å². The number of ether oxygens (including phenoxy) is 3. The van der Waals surface area contributed by atoms with Crippen molar-refractivity contribution < 1.29 is 46.5 Å². The van der Waals surface area contributed by atoms with E-state index in [-0.39, 0.29) is 25.2 Å². The van der Waals surface area contributed by atoms with E-state index in [1.807, 2.05) is 24.3 Å². The van der Waals surface area contributed by atoms with Crippen molar-refractivity contribution in [3.63, 3.8) is 0 Å². The van der Waals surface area contributed by atoms with Gasteiger partial charge in [-0.05, 0) is 41.8 Å². The molecule has 44 heavy (non-hydrogen) atoms. The molecular formula is C31H30F3N3O7. The zero-order valence-electron chi connectivity index (χ0n) is 23.6. The zero-order chi connectivity index (χ0) is 31.3. The number of halogens is 3. The summed E-state index contributed by atoms with van der Waals surface area (Å²) >= 11 is 0. The quantitative estimate of drug-likeness (QED) is 0.238. The van der Waals surface area contributed by atoms with Gasteiger partial charge in [-0.3, -0.25) is 4.79 Å². The van der Waals surface area contributed by atoms with Crippen molar-refractivity contribution in [1.82, 2.24) is 9.88 Å². The first-order chi connectivity index (χ1) is 21.1. The number of carbonyl (C=O) groups excluding carboxylic acids is 2. The molecule has 1 fully saturated rings. The number of amides is 2. The average molecular weight is 614 g/mol. The first kappa shape index (κ1) is 30.8. The summed E-state index contributed by atoms with van der Waals surface area (Å²) in [6.07, 6.45) is -9.44. The minimum Gasteiger partial charge on any atom is -0.492 e. The number of anilines is 1. The second-order valence-corrected chi connectivity index (χ2v) is 10.2. The van der Waals surface area contributed by atoms with E-state index < -0.39 is 43.0 Å². The van der Waals surface area contributed by atoms with Gasteiger partial charge in [-0.2, -0.15) is 18.2 Å². The lowest BCUT2D eigenvalue weighted by Gasteiger charge is -2.28. The Kier molecular flexibility index (Phi) is 9.35. The van der Waals surface area contributed by atoms with Crippen LogP contribution >= 0.6 is 0 Å². The molecule has 1 saturated heterocycles. The lowest BCUT2D eigenvalue weighted by atomic mass is 10.0. The van der Waals surface area contributed by atoms with Gasteiger partial charge in [0.1, 0.15) is 37.2 Å². The Morgan fingerprint density at radius 2 is 1.80 bits per heavy atom. The molecule has 0 spiro atoms. The summed E-state index contributed by atoms with van der Waals surface area (Å²) in [5.74, 6) is -0.718. The van der Waals surface area contributed by atoms with Crippen molar-refractivity contribution in [1.29, 1.82) is 0 Å². The minimum absolute atomic E-state index is 0.0913. The number of alkyl halides is 3. The van der Waals surface area contributed by atoms with Gasteiger partial charge in [0.2, 0.25) is 0 Å². The molecule has 0 aliphatic carbocycles. The fourth-order valence-electron chi connectivity index (χ4n) is 4.74. The number of cyclic esters (lactones) is 1. The van der Waals surface area contributed by atoms with E-state index in [1.165, 1.54) is 24.3 Å². The van der Waals surface area contributed by atoms with Crippen LogP contribution in [-0.4, -0.2) is 78.7 Å². The smallest absolute Gasteiger partial charge is 0.417 e. The van der Waals surface area contributed by atoms with Crippen molar-refractivity contribution in [2.24, 2.45) is 0 Å². The maximum atomic E-state index is 13.5. The summed E-state index contributed by atoms with van der Waals surface area (Å²) in [6.45, 7) is -1.28. The summed E-state index contributed by atoms with van der Waals surface area (Å²) < 4.78 is 60.7. The summed E-state index contributed by atoms with van der Waals surface area (Å²) in [7, 11) is 1.80. The van der Waals surface area contributed by atoms with E-state index in [2.05, 4.69) is 4.98 Å². The fourth-order valence-corrected chi connectivity index (χ4v) is 4.74. The number of benzene rings is 3. The second kappa shape index (κ2) is 13.3. The first-order valence-electron chi connectivity index (χ1n) is 13.8. The number of aromatic nitrogens is 1. The number of hydrogen-bond donors (Lipinski definition) is 1. The molecule has 3 atom stereocenters. The van der Waals surface area contributed by atoms with Gasteiger partial charge in [0.15, 0.2) is 11.7 Å². The van der Waals surface area contributed by atoms with Gasteiger partial charge in [-0.1, -0.05) is 54.6 Å². The van der Waals surface area contributed by atoms with Gasteiger partial charge < -0.3 is 28.6 Å². The van der Waals surface area contributed by atoms with Gasteiger partial charge in [-0.15, -0.1) is 0 Å². The highest BCUT2D eigenvalue weighted by atomic mass is 19.4. The van der Waals surface area contributed by atoms with E-state index >= 15 is 0 Å². The molecule has 4 aromatic rings. The third-order valence-electron chi connectivity index (χ3n) is 7.00. The molecule has 0 saturated carbocycles. The molecule has 2 unspecified atom stereocenters. The number of oxazole rings is 1. The van der Waals surface area contributed by atoms with Crippen LogP contribution in [0.4, 0.5) is 24.0 Å². The van der Waals surface area contributed by atoms with Gasteiger partial charge in [0, 0.05) is 7.05 Å².